The van der Waals surface area contributed by atoms with Gasteiger partial charge in [0.25, 0.3) is 0 Å². The summed E-state index contributed by atoms with van der Waals surface area (Å²) in [5.41, 5.74) is -5.91. The van der Waals surface area contributed by atoms with E-state index in [1.165, 1.54) is 12.1 Å². The maximum Gasteiger partial charge on any atom is 0.534 e. The molecule has 0 aliphatic heterocycles. The average Bonchev–Trinajstić information content (AvgIpc) is 2.74. The lowest BCUT2D eigenvalue weighted by Gasteiger charge is -2.12. The molecule has 0 bridgehead atoms. The minimum Gasteiger partial charge on any atom is -0.374 e. The third-order valence-corrected chi connectivity index (χ3v) is 4.25. The first kappa shape index (κ1) is 19.6. The number of alkyl halides is 6. The fraction of sp³-hybridized carbons (Fsp3) is 0.417. The summed E-state index contributed by atoms with van der Waals surface area (Å²) < 4.78 is 101. The van der Waals surface area contributed by atoms with E-state index >= 15 is 0 Å². The van der Waals surface area contributed by atoms with Crippen molar-refractivity contribution in [1.82, 2.24) is 9.78 Å². The van der Waals surface area contributed by atoms with E-state index in [0.717, 1.165) is 10.7 Å². The molecule has 0 unspecified atom stereocenters. The van der Waals surface area contributed by atoms with Crippen LogP contribution in [0.4, 0.5) is 26.3 Å². The molecule has 0 aliphatic rings. The second-order valence-corrected chi connectivity index (χ2v) is 6.76. The molecule has 1 aromatic heterocycles. The van der Waals surface area contributed by atoms with Crippen molar-refractivity contribution < 1.29 is 38.9 Å². The highest BCUT2D eigenvalue weighted by Gasteiger charge is 2.48. The lowest BCUT2D eigenvalue weighted by atomic mass is 10.2. The molecule has 140 valence electrons. The molecule has 13 heteroatoms. The molecule has 0 radical (unpaired) electrons. The standard InChI is InChI=1S/C12H9ClF6N2O3S/c13-10-7-3-1-4-8(24-25(22,23)12(17,18)19)9(7)21(20-10)6-2-5-11(14,15)16/h1,3-4H,2,5-6H2. The first-order chi connectivity index (χ1) is 11.3. The molecular formula is C12H9ClF6N2O3S. The monoisotopic (exact) mass is 410 g/mol. The Labute approximate surface area is 142 Å². The summed E-state index contributed by atoms with van der Waals surface area (Å²) in [4.78, 5) is 0. The van der Waals surface area contributed by atoms with Crippen LogP contribution in [0.3, 0.4) is 0 Å². The van der Waals surface area contributed by atoms with Gasteiger partial charge < -0.3 is 4.18 Å². The summed E-state index contributed by atoms with van der Waals surface area (Å²) in [7, 11) is -5.96. The molecule has 0 fully saturated rings. The summed E-state index contributed by atoms with van der Waals surface area (Å²) >= 11 is 5.80. The quantitative estimate of drug-likeness (QED) is 0.420. The second-order valence-electron chi connectivity index (χ2n) is 4.87. The molecule has 1 aromatic carbocycles. The number of rotatable bonds is 5. The van der Waals surface area contributed by atoms with Crippen LogP contribution >= 0.6 is 11.6 Å². The first-order valence-electron chi connectivity index (χ1n) is 6.54. The van der Waals surface area contributed by atoms with E-state index < -0.39 is 40.4 Å². The molecule has 0 atom stereocenters. The highest BCUT2D eigenvalue weighted by atomic mass is 35.5. The molecule has 2 aromatic rings. The van der Waals surface area contributed by atoms with E-state index in [2.05, 4.69) is 9.28 Å². The van der Waals surface area contributed by atoms with Gasteiger partial charge >= 0.3 is 21.8 Å². The van der Waals surface area contributed by atoms with Crippen LogP contribution in [0.1, 0.15) is 12.8 Å². The van der Waals surface area contributed by atoms with Gasteiger partial charge in [0.05, 0.1) is 0 Å². The zero-order valence-corrected chi connectivity index (χ0v) is 13.6. The van der Waals surface area contributed by atoms with Crippen molar-refractivity contribution in [2.75, 3.05) is 0 Å². The zero-order valence-electron chi connectivity index (χ0n) is 12.0. The van der Waals surface area contributed by atoms with E-state index in [-0.39, 0.29) is 22.6 Å². The third-order valence-electron chi connectivity index (χ3n) is 3.00. The Bertz CT molecular complexity index is 875. The number of fused-ring (bicyclic) bond motifs is 1. The van der Waals surface area contributed by atoms with Crippen molar-refractivity contribution in [2.45, 2.75) is 31.1 Å². The third kappa shape index (κ3) is 4.48. The van der Waals surface area contributed by atoms with Crippen LogP contribution in [0.25, 0.3) is 10.9 Å². The molecule has 0 saturated carbocycles. The molecular weight excluding hydrogens is 402 g/mol. The molecule has 5 nitrogen and oxygen atoms in total. The SMILES string of the molecule is O=S(=O)(Oc1cccc2c(Cl)nn(CCCC(F)(F)F)c12)C(F)(F)F. The summed E-state index contributed by atoms with van der Waals surface area (Å²) in [6.45, 7) is -0.352. The lowest BCUT2D eigenvalue weighted by molar-refractivity contribution is -0.135. The van der Waals surface area contributed by atoms with Crippen LogP contribution < -0.4 is 4.18 Å². The predicted molar refractivity (Wildman–Crippen MR) is 75.6 cm³/mol. The summed E-state index contributed by atoms with van der Waals surface area (Å²) in [6.07, 6.45) is -6.02. The van der Waals surface area contributed by atoms with Crippen molar-refractivity contribution >= 4 is 32.6 Å². The fourth-order valence-corrected chi connectivity index (χ4v) is 2.70. The van der Waals surface area contributed by atoms with E-state index in [1.54, 1.807) is 0 Å². The van der Waals surface area contributed by atoms with Crippen LogP contribution in [-0.4, -0.2) is 29.9 Å². The topological polar surface area (TPSA) is 61.2 Å². The van der Waals surface area contributed by atoms with Gasteiger partial charge in [0, 0.05) is 18.4 Å². The minimum atomic E-state index is -5.96. The number of aromatic nitrogens is 2. The van der Waals surface area contributed by atoms with E-state index in [4.69, 9.17) is 11.6 Å². The van der Waals surface area contributed by atoms with Gasteiger partial charge in [-0.25, -0.2) is 0 Å². The molecule has 25 heavy (non-hydrogen) atoms. The minimum absolute atomic E-state index is 0.0450. The maximum atomic E-state index is 12.5. The van der Waals surface area contributed by atoms with Gasteiger partial charge in [-0.1, -0.05) is 17.7 Å². The second kappa shape index (κ2) is 6.56. The molecule has 0 saturated heterocycles. The molecule has 0 spiro atoms. The van der Waals surface area contributed by atoms with Crippen LogP contribution in [-0.2, 0) is 16.7 Å². The Balaban J connectivity index is 2.42. The Morgan fingerprint density at radius 3 is 2.36 bits per heavy atom. The van der Waals surface area contributed by atoms with Crippen molar-refractivity contribution in [3.63, 3.8) is 0 Å². The number of nitrogens with zero attached hydrogens (tertiary/aromatic N) is 2. The van der Waals surface area contributed by atoms with E-state index in [1.807, 2.05) is 0 Å². The number of hydrogen-bond acceptors (Lipinski definition) is 4. The highest BCUT2D eigenvalue weighted by molar-refractivity contribution is 7.88. The normalized spacial score (nSPS) is 13.4. The van der Waals surface area contributed by atoms with E-state index in [9.17, 15) is 34.8 Å². The summed E-state index contributed by atoms with van der Waals surface area (Å²) in [6, 6.07) is 3.42. The zero-order chi connectivity index (χ0) is 19.0. The van der Waals surface area contributed by atoms with Gasteiger partial charge in [0.2, 0.25) is 0 Å². The highest BCUT2D eigenvalue weighted by Crippen LogP contribution is 2.34. The van der Waals surface area contributed by atoms with Gasteiger partial charge in [0.1, 0.15) is 5.52 Å². The summed E-state index contributed by atoms with van der Waals surface area (Å²) in [5, 5.41) is 3.55. The number of para-hydroxylation sites is 1. The van der Waals surface area contributed by atoms with Crippen LogP contribution in [0.15, 0.2) is 18.2 Å². The Morgan fingerprint density at radius 2 is 1.80 bits per heavy atom. The number of benzene rings is 1. The first-order valence-corrected chi connectivity index (χ1v) is 8.33. The largest absolute Gasteiger partial charge is 0.534 e. The van der Waals surface area contributed by atoms with Gasteiger partial charge in [-0.15, -0.1) is 0 Å². The number of aryl methyl sites for hydroxylation is 1. The van der Waals surface area contributed by atoms with Crippen LogP contribution in [0.2, 0.25) is 5.15 Å². The Morgan fingerprint density at radius 1 is 1.16 bits per heavy atom. The van der Waals surface area contributed by atoms with Crippen molar-refractivity contribution in [1.29, 1.82) is 0 Å². The van der Waals surface area contributed by atoms with Gasteiger partial charge in [0.15, 0.2) is 10.9 Å². The number of halogens is 7. The smallest absolute Gasteiger partial charge is 0.374 e. The predicted octanol–water partition coefficient (Wildman–Crippen LogP) is 4.26. The molecule has 2 rings (SSSR count). The maximum absolute atomic E-state index is 12.5. The van der Waals surface area contributed by atoms with E-state index in [0.29, 0.717) is 0 Å². The molecule has 1 heterocycles. The van der Waals surface area contributed by atoms with Crippen molar-refractivity contribution in [2.24, 2.45) is 0 Å². The molecule has 0 N–H and O–H groups in total. The van der Waals surface area contributed by atoms with Gasteiger partial charge in [-0.3, -0.25) is 4.68 Å². The van der Waals surface area contributed by atoms with Gasteiger partial charge in [-0.2, -0.15) is 39.9 Å². The van der Waals surface area contributed by atoms with Gasteiger partial charge in [-0.05, 0) is 18.6 Å². The summed E-state index contributed by atoms with van der Waals surface area (Å²) in [5.74, 6) is -0.735. The van der Waals surface area contributed by atoms with Crippen molar-refractivity contribution in [3.8, 4) is 5.75 Å². The van der Waals surface area contributed by atoms with Crippen LogP contribution in [0.5, 0.6) is 5.75 Å². The average molecular weight is 411 g/mol. The Hall–Kier alpha value is -1.69. The van der Waals surface area contributed by atoms with Crippen LogP contribution in [0, 0.1) is 0 Å². The molecule has 0 aliphatic carbocycles. The lowest BCUT2D eigenvalue weighted by Crippen LogP contribution is -2.28. The molecule has 0 amide bonds. The fourth-order valence-electron chi connectivity index (χ4n) is 1.99. The van der Waals surface area contributed by atoms with Crippen molar-refractivity contribution in [3.05, 3.63) is 23.4 Å². The number of hydrogen-bond donors (Lipinski definition) is 0. The Kier molecular flexibility index (Phi) is 5.15.